The van der Waals surface area contributed by atoms with Gasteiger partial charge >= 0.3 is 12.1 Å². The van der Waals surface area contributed by atoms with Crippen molar-refractivity contribution in [2.75, 3.05) is 13.1 Å². The number of hydrogen-bond acceptors (Lipinski definition) is 4. The van der Waals surface area contributed by atoms with Gasteiger partial charge in [0.05, 0.1) is 18.2 Å². The van der Waals surface area contributed by atoms with Gasteiger partial charge in [0, 0.05) is 12.6 Å². The van der Waals surface area contributed by atoms with Gasteiger partial charge in [0.2, 0.25) is 0 Å². The number of carbonyl (C=O) groups excluding carboxylic acids is 1. The van der Waals surface area contributed by atoms with Crippen LogP contribution in [0, 0.1) is 0 Å². The smallest absolute Gasteiger partial charge is 0.416 e. The number of esters is 1. The van der Waals surface area contributed by atoms with E-state index < -0.39 is 29.4 Å². The van der Waals surface area contributed by atoms with Crippen molar-refractivity contribution in [2.45, 2.75) is 51.1 Å². The van der Waals surface area contributed by atoms with Crippen LogP contribution in [0.5, 0.6) is 0 Å². The Morgan fingerprint density at radius 3 is 2.33 bits per heavy atom. The molecule has 0 amide bonds. The minimum absolute atomic E-state index is 0.0139. The highest BCUT2D eigenvalue weighted by Gasteiger charge is 2.35. The Hall–Kier alpha value is -1.60. The lowest BCUT2D eigenvalue weighted by atomic mass is 10.0. The number of ether oxygens (including phenoxy) is 1. The van der Waals surface area contributed by atoms with Crippen molar-refractivity contribution in [3.63, 3.8) is 0 Å². The molecule has 0 radical (unpaired) electrons. The molecule has 2 atom stereocenters. The van der Waals surface area contributed by atoms with Crippen LogP contribution in [-0.2, 0) is 15.7 Å². The molecule has 1 aliphatic rings. The lowest BCUT2D eigenvalue weighted by Gasteiger charge is -2.26. The van der Waals surface area contributed by atoms with Crippen molar-refractivity contribution in [1.29, 1.82) is 0 Å². The van der Waals surface area contributed by atoms with E-state index in [4.69, 9.17) is 4.74 Å². The van der Waals surface area contributed by atoms with Gasteiger partial charge in [-0.1, -0.05) is 12.1 Å². The van der Waals surface area contributed by atoms with Crippen molar-refractivity contribution in [3.8, 4) is 0 Å². The fraction of sp³-hybridized carbons (Fsp3) is 0.588. The maximum absolute atomic E-state index is 12.7. The van der Waals surface area contributed by atoms with E-state index >= 15 is 0 Å². The van der Waals surface area contributed by atoms with E-state index in [1.807, 2.05) is 0 Å². The summed E-state index contributed by atoms with van der Waals surface area (Å²) >= 11 is 0. The largest absolute Gasteiger partial charge is 0.459 e. The molecule has 0 aromatic heterocycles. The average molecular weight is 345 g/mol. The molecule has 2 rings (SSSR count). The summed E-state index contributed by atoms with van der Waals surface area (Å²) < 4.78 is 43.2. The second-order valence-corrected chi connectivity index (χ2v) is 7.04. The first-order valence-corrected chi connectivity index (χ1v) is 7.77. The van der Waals surface area contributed by atoms with E-state index in [0.717, 1.165) is 12.1 Å². The number of alkyl halides is 3. The van der Waals surface area contributed by atoms with Crippen LogP contribution in [0.2, 0.25) is 0 Å². The van der Waals surface area contributed by atoms with Crippen LogP contribution >= 0.6 is 0 Å². The lowest BCUT2D eigenvalue weighted by Crippen LogP contribution is -2.35. The van der Waals surface area contributed by atoms with Crippen LogP contribution in [0.4, 0.5) is 13.2 Å². The third-order valence-electron chi connectivity index (χ3n) is 3.76. The molecule has 4 nitrogen and oxygen atoms in total. The van der Waals surface area contributed by atoms with Crippen LogP contribution in [0.3, 0.4) is 0 Å². The number of β-amino-alcohol motifs (C(OH)–C–C–N with tert-alkyl or cyclic N) is 1. The van der Waals surface area contributed by atoms with Gasteiger partial charge in [-0.05, 0) is 44.9 Å². The zero-order valence-corrected chi connectivity index (χ0v) is 13.9. The number of hydrogen-bond donors (Lipinski definition) is 1. The summed E-state index contributed by atoms with van der Waals surface area (Å²) in [5.41, 5.74) is -0.689. The van der Waals surface area contributed by atoms with Crippen molar-refractivity contribution >= 4 is 5.97 Å². The molecule has 134 valence electrons. The number of likely N-dealkylation sites (tertiary alicyclic amines) is 1. The average Bonchev–Trinajstić information content (AvgIpc) is 2.76. The van der Waals surface area contributed by atoms with Crippen molar-refractivity contribution in [3.05, 3.63) is 35.4 Å². The predicted octanol–water partition coefficient (Wildman–Crippen LogP) is 3.15. The Bertz CT molecular complexity index is 578. The van der Waals surface area contributed by atoms with Gasteiger partial charge in [0.25, 0.3) is 0 Å². The summed E-state index contributed by atoms with van der Waals surface area (Å²) in [7, 11) is 0. The Balaban J connectivity index is 2.11. The highest BCUT2D eigenvalue weighted by Crippen LogP contribution is 2.35. The molecule has 24 heavy (non-hydrogen) atoms. The number of halogens is 3. The molecule has 2 unspecified atom stereocenters. The fourth-order valence-electron chi connectivity index (χ4n) is 2.83. The maximum atomic E-state index is 12.7. The zero-order valence-electron chi connectivity index (χ0n) is 13.9. The van der Waals surface area contributed by atoms with E-state index in [-0.39, 0.29) is 19.1 Å². The van der Waals surface area contributed by atoms with Gasteiger partial charge < -0.3 is 9.84 Å². The number of carbonyl (C=O) groups is 1. The number of aliphatic hydroxyl groups is 1. The minimum Gasteiger partial charge on any atom is -0.459 e. The normalized spacial score (nSPS) is 22.6. The second-order valence-electron chi connectivity index (χ2n) is 7.04. The van der Waals surface area contributed by atoms with Crippen molar-refractivity contribution in [2.24, 2.45) is 0 Å². The monoisotopic (exact) mass is 345 g/mol. The van der Waals surface area contributed by atoms with Gasteiger partial charge in [-0.15, -0.1) is 0 Å². The van der Waals surface area contributed by atoms with Gasteiger partial charge in [-0.2, -0.15) is 13.2 Å². The molecule has 0 aliphatic carbocycles. The second kappa shape index (κ2) is 6.72. The standard InChI is InChI=1S/C17H22F3NO3/c1-16(2,3)24-15(23)10-21-9-13(22)8-14(21)11-4-6-12(7-5-11)17(18,19)20/h4-7,13-14,22H,8-10H2,1-3H3. The summed E-state index contributed by atoms with van der Waals surface area (Å²) in [6, 6.07) is 4.52. The molecule has 1 heterocycles. The number of rotatable bonds is 3. The number of aliphatic hydroxyl groups excluding tert-OH is 1. The van der Waals surface area contributed by atoms with E-state index in [1.54, 1.807) is 25.7 Å². The Kier molecular flexibility index (Phi) is 5.25. The van der Waals surface area contributed by atoms with Gasteiger partial charge in [-0.25, -0.2) is 0 Å². The number of benzene rings is 1. The molecule has 0 spiro atoms. The molecule has 1 saturated heterocycles. The summed E-state index contributed by atoms with van der Waals surface area (Å²) in [4.78, 5) is 13.7. The van der Waals surface area contributed by atoms with Crippen LogP contribution in [0.15, 0.2) is 24.3 Å². The molecule has 0 bridgehead atoms. The quantitative estimate of drug-likeness (QED) is 0.855. The first-order valence-electron chi connectivity index (χ1n) is 7.77. The topological polar surface area (TPSA) is 49.8 Å². The summed E-state index contributed by atoms with van der Waals surface area (Å²) in [6.45, 7) is 5.55. The Labute approximate surface area is 139 Å². The van der Waals surface area contributed by atoms with Gasteiger partial charge in [0.1, 0.15) is 5.60 Å². The molecular weight excluding hydrogens is 323 g/mol. The third-order valence-corrected chi connectivity index (χ3v) is 3.76. The van der Waals surface area contributed by atoms with Crippen LogP contribution in [-0.4, -0.2) is 40.8 Å². The first-order chi connectivity index (χ1) is 11.0. The maximum Gasteiger partial charge on any atom is 0.416 e. The molecule has 1 N–H and O–H groups in total. The SMILES string of the molecule is CC(C)(C)OC(=O)CN1CC(O)CC1c1ccc(C(F)(F)F)cc1. The van der Waals surface area contributed by atoms with Crippen LogP contribution < -0.4 is 0 Å². The molecule has 0 saturated carbocycles. The predicted molar refractivity (Wildman–Crippen MR) is 82.2 cm³/mol. The van der Waals surface area contributed by atoms with Crippen molar-refractivity contribution in [1.82, 2.24) is 4.90 Å². The zero-order chi connectivity index (χ0) is 18.1. The fourth-order valence-corrected chi connectivity index (χ4v) is 2.83. The van der Waals surface area contributed by atoms with Gasteiger partial charge in [-0.3, -0.25) is 9.69 Å². The first kappa shape index (κ1) is 18.7. The molecule has 7 heteroatoms. The van der Waals surface area contributed by atoms with Crippen LogP contribution in [0.1, 0.15) is 44.4 Å². The van der Waals surface area contributed by atoms with E-state index in [1.165, 1.54) is 12.1 Å². The minimum atomic E-state index is -4.38. The van der Waals surface area contributed by atoms with Crippen LogP contribution in [0.25, 0.3) is 0 Å². The lowest BCUT2D eigenvalue weighted by molar-refractivity contribution is -0.156. The highest BCUT2D eigenvalue weighted by atomic mass is 19.4. The summed E-state index contributed by atoms with van der Waals surface area (Å²) in [5.74, 6) is -0.423. The van der Waals surface area contributed by atoms with Gasteiger partial charge in [0.15, 0.2) is 0 Å². The summed E-state index contributed by atoms with van der Waals surface area (Å²) in [5, 5.41) is 9.89. The molecule has 1 aromatic carbocycles. The Morgan fingerprint density at radius 2 is 1.83 bits per heavy atom. The molecule has 1 aliphatic heterocycles. The molecule has 1 aromatic rings. The third kappa shape index (κ3) is 4.95. The Morgan fingerprint density at radius 1 is 1.25 bits per heavy atom. The van der Waals surface area contributed by atoms with E-state index in [0.29, 0.717) is 12.0 Å². The highest BCUT2D eigenvalue weighted by molar-refractivity contribution is 5.72. The van der Waals surface area contributed by atoms with E-state index in [9.17, 15) is 23.1 Å². The molecule has 1 fully saturated rings. The summed E-state index contributed by atoms with van der Waals surface area (Å²) in [6.07, 6.45) is -4.64. The molecular formula is C17H22F3NO3. The number of nitrogens with zero attached hydrogens (tertiary/aromatic N) is 1. The van der Waals surface area contributed by atoms with E-state index in [2.05, 4.69) is 0 Å². The van der Waals surface area contributed by atoms with Crippen molar-refractivity contribution < 1.29 is 27.8 Å².